The molecule has 0 amide bonds. The molecule has 0 radical (unpaired) electrons. The van der Waals surface area contributed by atoms with E-state index >= 15 is 0 Å². The summed E-state index contributed by atoms with van der Waals surface area (Å²) in [7, 11) is 0. The molecule has 68 valence electrons. The predicted molar refractivity (Wildman–Crippen MR) is 53.8 cm³/mol. The summed E-state index contributed by atoms with van der Waals surface area (Å²) in [6.45, 7) is 1.93. The van der Waals surface area contributed by atoms with Gasteiger partial charge in [0.2, 0.25) is 0 Å². The Morgan fingerprint density at radius 3 is 3.25 bits per heavy atom. The monoisotopic (exact) mass is 185 g/mol. The number of guanidine groups is 1. The highest BCUT2D eigenvalue weighted by Gasteiger charge is 2.15. The number of hydrogen-bond acceptors (Lipinski definition) is 4. The average molecular weight is 185 g/mol. The molecule has 1 atom stereocenters. The van der Waals surface area contributed by atoms with Crippen molar-refractivity contribution in [2.24, 2.45) is 4.99 Å². The Hall–Kier alpha value is -0.380. The molecule has 3 nitrogen and oxygen atoms in total. The van der Waals surface area contributed by atoms with E-state index in [2.05, 4.69) is 15.6 Å². The van der Waals surface area contributed by atoms with E-state index in [0.29, 0.717) is 6.04 Å². The molecule has 0 aromatic heterocycles. The molecule has 1 saturated heterocycles. The van der Waals surface area contributed by atoms with E-state index in [1.54, 1.807) is 0 Å². The Bertz CT molecular complexity index is 175. The second-order valence-electron chi connectivity index (χ2n) is 3.22. The quantitative estimate of drug-likeness (QED) is 0.622. The summed E-state index contributed by atoms with van der Waals surface area (Å²) in [6.07, 6.45) is 2.64. The van der Waals surface area contributed by atoms with Gasteiger partial charge in [0.15, 0.2) is 5.96 Å². The van der Waals surface area contributed by atoms with E-state index in [0.717, 1.165) is 19.0 Å². The summed E-state index contributed by atoms with van der Waals surface area (Å²) in [4.78, 5) is 4.31. The Morgan fingerprint density at radius 1 is 1.58 bits per heavy atom. The molecule has 2 aliphatic rings. The number of hydrogen-bond donors (Lipinski definition) is 2. The Kier molecular flexibility index (Phi) is 2.76. The van der Waals surface area contributed by atoms with Crippen molar-refractivity contribution < 1.29 is 0 Å². The van der Waals surface area contributed by atoms with Crippen LogP contribution in [0.15, 0.2) is 4.99 Å². The predicted octanol–water partition coefficient (Wildman–Crippen LogP) is 0.431. The van der Waals surface area contributed by atoms with Gasteiger partial charge in [-0.15, -0.1) is 0 Å². The second-order valence-corrected chi connectivity index (χ2v) is 4.37. The van der Waals surface area contributed by atoms with E-state index in [9.17, 15) is 0 Å². The van der Waals surface area contributed by atoms with E-state index in [-0.39, 0.29) is 0 Å². The lowest BCUT2D eigenvalue weighted by Crippen LogP contribution is -2.43. The van der Waals surface area contributed by atoms with Crippen LogP contribution in [0.3, 0.4) is 0 Å². The van der Waals surface area contributed by atoms with Gasteiger partial charge in [-0.1, -0.05) is 0 Å². The van der Waals surface area contributed by atoms with Crippen LogP contribution < -0.4 is 10.6 Å². The fourth-order valence-electron chi connectivity index (χ4n) is 1.54. The van der Waals surface area contributed by atoms with Crippen LogP contribution in [-0.2, 0) is 0 Å². The molecule has 0 saturated carbocycles. The van der Waals surface area contributed by atoms with Crippen molar-refractivity contribution >= 4 is 17.7 Å². The van der Waals surface area contributed by atoms with Crippen molar-refractivity contribution in [2.45, 2.75) is 18.9 Å². The summed E-state index contributed by atoms with van der Waals surface area (Å²) in [5.41, 5.74) is 0. The van der Waals surface area contributed by atoms with E-state index in [1.807, 2.05) is 11.8 Å². The van der Waals surface area contributed by atoms with Crippen LogP contribution in [0.4, 0.5) is 0 Å². The van der Waals surface area contributed by atoms with Crippen molar-refractivity contribution in [2.75, 3.05) is 24.6 Å². The summed E-state index contributed by atoms with van der Waals surface area (Å²) >= 11 is 2.04. The van der Waals surface area contributed by atoms with Crippen LogP contribution in [-0.4, -0.2) is 36.6 Å². The Labute approximate surface area is 77.4 Å². The maximum Gasteiger partial charge on any atom is 0.191 e. The maximum atomic E-state index is 4.31. The number of nitrogens with zero attached hydrogens (tertiary/aromatic N) is 1. The van der Waals surface area contributed by atoms with E-state index in [1.165, 1.54) is 24.3 Å². The average Bonchev–Trinajstić information content (AvgIpc) is 2.59. The van der Waals surface area contributed by atoms with Gasteiger partial charge >= 0.3 is 0 Å². The SMILES string of the molecule is C1CSCC(NC2=NCCN2)C1. The number of aliphatic imine (C=N–C) groups is 1. The van der Waals surface area contributed by atoms with Crippen molar-refractivity contribution in [1.29, 1.82) is 0 Å². The third kappa shape index (κ3) is 2.06. The van der Waals surface area contributed by atoms with Gasteiger partial charge in [-0.05, 0) is 18.6 Å². The van der Waals surface area contributed by atoms with E-state index < -0.39 is 0 Å². The van der Waals surface area contributed by atoms with Crippen molar-refractivity contribution in [3.05, 3.63) is 0 Å². The molecule has 2 aliphatic heterocycles. The minimum atomic E-state index is 0.646. The van der Waals surface area contributed by atoms with Crippen LogP contribution in [0.5, 0.6) is 0 Å². The largest absolute Gasteiger partial charge is 0.355 e. The molecule has 0 aromatic carbocycles. The molecule has 4 heteroatoms. The van der Waals surface area contributed by atoms with Gasteiger partial charge in [0.25, 0.3) is 0 Å². The van der Waals surface area contributed by atoms with Gasteiger partial charge in [-0.3, -0.25) is 4.99 Å². The lowest BCUT2D eigenvalue weighted by Gasteiger charge is -2.23. The third-order valence-corrected chi connectivity index (χ3v) is 3.39. The highest BCUT2D eigenvalue weighted by atomic mass is 32.2. The molecular weight excluding hydrogens is 170 g/mol. The summed E-state index contributed by atoms with van der Waals surface area (Å²) < 4.78 is 0. The normalized spacial score (nSPS) is 29.3. The van der Waals surface area contributed by atoms with Crippen molar-refractivity contribution in [1.82, 2.24) is 10.6 Å². The summed E-state index contributed by atoms with van der Waals surface area (Å²) in [6, 6.07) is 0.646. The fourth-order valence-corrected chi connectivity index (χ4v) is 2.61. The maximum absolute atomic E-state index is 4.31. The van der Waals surface area contributed by atoms with Crippen molar-refractivity contribution in [3.8, 4) is 0 Å². The van der Waals surface area contributed by atoms with Gasteiger partial charge < -0.3 is 10.6 Å². The van der Waals surface area contributed by atoms with Crippen LogP contribution >= 0.6 is 11.8 Å². The molecular formula is C8H15N3S. The molecule has 0 aromatic rings. The topological polar surface area (TPSA) is 36.4 Å². The van der Waals surface area contributed by atoms with Gasteiger partial charge in [0, 0.05) is 18.3 Å². The first-order chi connectivity index (χ1) is 5.95. The number of thioether (sulfide) groups is 1. The lowest BCUT2D eigenvalue weighted by molar-refractivity contribution is 0.588. The van der Waals surface area contributed by atoms with Gasteiger partial charge in [-0.2, -0.15) is 11.8 Å². The first-order valence-electron chi connectivity index (χ1n) is 4.58. The zero-order valence-corrected chi connectivity index (χ0v) is 7.99. The molecule has 2 rings (SSSR count). The molecule has 2 heterocycles. The molecule has 0 aliphatic carbocycles. The van der Waals surface area contributed by atoms with Crippen LogP contribution in [0, 0.1) is 0 Å². The van der Waals surface area contributed by atoms with Gasteiger partial charge in [0.1, 0.15) is 0 Å². The minimum absolute atomic E-state index is 0.646. The smallest absolute Gasteiger partial charge is 0.191 e. The molecule has 2 N–H and O–H groups in total. The van der Waals surface area contributed by atoms with Gasteiger partial charge in [0.05, 0.1) is 6.54 Å². The van der Waals surface area contributed by atoms with Crippen molar-refractivity contribution in [3.63, 3.8) is 0 Å². The molecule has 1 unspecified atom stereocenters. The van der Waals surface area contributed by atoms with Crippen LogP contribution in [0.2, 0.25) is 0 Å². The Morgan fingerprint density at radius 2 is 2.58 bits per heavy atom. The molecule has 0 spiro atoms. The standard InChI is InChI=1S/C8H15N3S/c1-2-7(6-12-5-1)11-8-9-3-4-10-8/h7H,1-6H2,(H2,9,10,11). The Balaban J connectivity index is 1.77. The zero-order valence-electron chi connectivity index (χ0n) is 7.18. The molecule has 12 heavy (non-hydrogen) atoms. The van der Waals surface area contributed by atoms with E-state index in [4.69, 9.17) is 0 Å². The second kappa shape index (κ2) is 4.03. The van der Waals surface area contributed by atoms with Gasteiger partial charge in [-0.25, -0.2) is 0 Å². The third-order valence-electron chi connectivity index (χ3n) is 2.18. The minimum Gasteiger partial charge on any atom is -0.355 e. The highest BCUT2D eigenvalue weighted by molar-refractivity contribution is 7.99. The summed E-state index contributed by atoms with van der Waals surface area (Å²) in [5, 5.41) is 6.67. The summed E-state index contributed by atoms with van der Waals surface area (Å²) in [5.74, 6) is 3.58. The van der Waals surface area contributed by atoms with Crippen LogP contribution in [0.1, 0.15) is 12.8 Å². The lowest BCUT2D eigenvalue weighted by atomic mass is 10.2. The van der Waals surface area contributed by atoms with Crippen LogP contribution in [0.25, 0.3) is 0 Å². The molecule has 0 bridgehead atoms. The first-order valence-corrected chi connectivity index (χ1v) is 5.73. The number of nitrogens with one attached hydrogen (secondary N) is 2. The highest BCUT2D eigenvalue weighted by Crippen LogP contribution is 2.16. The fraction of sp³-hybridized carbons (Fsp3) is 0.875. The first kappa shape index (κ1) is 8.23. The molecule has 1 fully saturated rings. The number of rotatable bonds is 1. The zero-order chi connectivity index (χ0) is 8.23.